The number of hydrogen-bond acceptors (Lipinski definition) is 7. The molecule has 0 atom stereocenters. The van der Waals surface area contributed by atoms with Gasteiger partial charge in [-0.15, -0.1) is 0 Å². The van der Waals surface area contributed by atoms with Gasteiger partial charge in [-0.3, -0.25) is 4.79 Å². The first-order valence-electron chi connectivity index (χ1n) is 10.1. The smallest absolute Gasteiger partial charge is 0.276 e. The highest BCUT2D eigenvalue weighted by molar-refractivity contribution is 7.20. The summed E-state index contributed by atoms with van der Waals surface area (Å²) >= 11 is 1.51. The summed E-state index contributed by atoms with van der Waals surface area (Å²) in [6, 6.07) is 17.1. The van der Waals surface area contributed by atoms with Crippen molar-refractivity contribution in [3.8, 4) is 22.3 Å². The number of ether oxygens (including phenoxy) is 2. The Hall–Kier alpha value is -3.39. The lowest BCUT2D eigenvalue weighted by Gasteiger charge is -2.31. The van der Waals surface area contributed by atoms with Gasteiger partial charge in [0.05, 0.1) is 17.3 Å². The van der Waals surface area contributed by atoms with Crippen LogP contribution in [-0.4, -0.2) is 47.3 Å². The highest BCUT2D eigenvalue weighted by atomic mass is 32.1. The van der Waals surface area contributed by atoms with Crippen LogP contribution in [0.2, 0.25) is 0 Å². The molecule has 5 rings (SSSR count). The monoisotopic (exact) mass is 435 g/mol. The third-order valence-corrected chi connectivity index (χ3v) is 6.27. The van der Waals surface area contributed by atoms with Crippen LogP contribution in [0.4, 0.5) is 0 Å². The standard InChI is InChI=1S/C23H21N3O4S/c1-28-17-7-8-18-21(13-17)31-23(24-18)29-16-9-11-26(12-10-16)22(27)19-14-20(30-25-19)15-5-3-2-4-6-15/h2-8,13-14,16H,9-12H2,1H3. The normalized spacial score (nSPS) is 14.7. The van der Waals surface area contributed by atoms with Crippen LogP contribution in [0.3, 0.4) is 0 Å². The largest absolute Gasteiger partial charge is 0.497 e. The number of methoxy groups -OCH3 is 1. The molecule has 1 fully saturated rings. The fourth-order valence-corrected chi connectivity index (χ4v) is 4.57. The number of aromatic nitrogens is 2. The molecule has 0 spiro atoms. The van der Waals surface area contributed by atoms with E-state index in [0.29, 0.717) is 29.7 Å². The van der Waals surface area contributed by atoms with Crippen LogP contribution in [0.25, 0.3) is 21.5 Å². The number of carbonyl (C=O) groups is 1. The Kier molecular flexibility index (Phi) is 5.30. The van der Waals surface area contributed by atoms with Gasteiger partial charge < -0.3 is 18.9 Å². The Morgan fingerprint density at radius 1 is 1.13 bits per heavy atom. The first kappa shape index (κ1) is 19.6. The summed E-state index contributed by atoms with van der Waals surface area (Å²) in [5, 5.41) is 4.63. The zero-order valence-corrected chi connectivity index (χ0v) is 17.8. The first-order valence-corrected chi connectivity index (χ1v) is 10.9. The summed E-state index contributed by atoms with van der Waals surface area (Å²) in [6.07, 6.45) is 1.52. The zero-order chi connectivity index (χ0) is 21.2. The Balaban J connectivity index is 1.19. The van der Waals surface area contributed by atoms with E-state index in [1.165, 1.54) is 11.3 Å². The summed E-state index contributed by atoms with van der Waals surface area (Å²) in [4.78, 5) is 19.2. The molecule has 1 amide bonds. The summed E-state index contributed by atoms with van der Waals surface area (Å²) < 4.78 is 17.8. The van der Waals surface area contributed by atoms with Gasteiger partial charge in [0.1, 0.15) is 11.9 Å². The van der Waals surface area contributed by atoms with Crippen molar-refractivity contribution < 1.29 is 18.8 Å². The molecule has 2 aromatic heterocycles. The van der Waals surface area contributed by atoms with Crippen LogP contribution in [0.15, 0.2) is 59.1 Å². The summed E-state index contributed by atoms with van der Waals surface area (Å²) in [6.45, 7) is 1.21. The van der Waals surface area contributed by atoms with E-state index in [1.54, 1.807) is 18.1 Å². The van der Waals surface area contributed by atoms with E-state index >= 15 is 0 Å². The molecular weight excluding hydrogens is 414 g/mol. The van der Waals surface area contributed by atoms with Crippen LogP contribution in [-0.2, 0) is 0 Å². The minimum absolute atomic E-state index is 0.0312. The van der Waals surface area contributed by atoms with Crippen LogP contribution in [0, 0.1) is 0 Å². The number of piperidine rings is 1. The quantitative estimate of drug-likeness (QED) is 0.454. The predicted molar refractivity (Wildman–Crippen MR) is 118 cm³/mol. The van der Waals surface area contributed by atoms with Gasteiger partial charge in [-0.2, -0.15) is 0 Å². The van der Waals surface area contributed by atoms with E-state index in [1.807, 2.05) is 48.5 Å². The second-order valence-corrected chi connectivity index (χ2v) is 8.36. The van der Waals surface area contributed by atoms with Crippen molar-refractivity contribution in [3.05, 3.63) is 60.3 Å². The van der Waals surface area contributed by atoms with Gasteiger partial charge in [0.2, 0.25) is 0 Å². The summed E-state index contributed by atoms with van der Waals surface area (Å²) in [7, 11) is 1.65. The second-order valence-electron chi connectivity index (χ2n) is 7.37. The molecule has 8 heteroatoms. The fourth-order valence-electron chi connectivity index (χ4n) is 3.66. The molecule has 2 aromatic carbocycles. The van der Waals surface area contributed by atoms with Crippen molar-refractivity contribution in [2.24, 2.45) is 0 Å². The van der Waals surface area contributed by atoms with Crippen molar-refractivity contribution in [2.45, 2.75) is 18.9 Å². The number of likely N-dealkylation sites (tertiary alicyclic amines) is 1. The first-order chi connectivity index (χ1) is 15.2. The van der Waals surface area contributed by atoms with Gasteiger partial charge in [0.25, 0.3) is 11.1 Å². The van der Waals surface area contributed by atoms with Gasteiger partial charge in [-0.05, 0) is 18.2 Å². The van der Waals surface area contributed by atoms with E-state index in [0.717, 1.165) is 34.4 Å². The van der Waals surface area contributed by atoms with Gasteiger partial charge >= 0.3 is 0 Å². The Morgan fingerprint density at radius 3 is 2.71 bits per heavy atom. The number of carbonyl (C=O) groups excluding carboxylic acids is 1. The van der Waals surface area contributed by atoms with Crippen LogP contribution < -0.4 is 9.47 Å². The number of hydrogen-bond donors (Lipinski definition) is 0. The van der Waals surface area contributed by atoms with Crippen molar-refractivity contribution in [2.75, 3.05) is 20.2 Å². The minimum atomic E-state index is -0.114. The molecule has 1 aliphatic heterocycles. The summed E-state index contributed by atoms with van der Waals surface area (Å²) in [5.74, 6) is 1.28. The van der Waals surface area contributed by atoms with E-state index in [4.69, 9.17) is 14.0 Å². The number of rotatable bonds is 5. The molecule has 1 saturated heterocycles. The third kappa shape index (κ3) is 4.11. The Morgan fingerprint density at radius 2 is 1.94 bits per heavy atom. The van der Waals surface area contributed by atoms with Crippen molar-refractivity contribution in [3.63, 3.8) is 0 Å². The molecule has 0 aliphatic carbocycles. The molecule has 158 valence electrons. The second kappa shape index (κ2) is 8.39. The highest BCUT2D eigenvalue weighted by Gasteiger charge is 2.27. The molecule has 0 unspecified atom stereocenters. The summed E-state index contributed by atoms with van der Waals surface area (Å²) in [5.41, 5.74) is 2.13. The topological polar surface area (TPSA) is 77.7 Å². The lowest BCUT2D eigenvalue weighted by molar-refractivity contribution is 0.0586. The van der Waals surface area contributed by atoms with Gasteiger partial charge in [0, 0.05) is 37.6 Å². The van der Waals surface area contributed by atoms with Gasteiger partial charge in [-0.1, -0.05) is 46.8 Å². The molecular formula is C23H21N3O4S. The molecule has 0 N–H and O–H groups in total. The maximum atomic E-state index is 12.8. The highest BCUT2D eigenvalue weighted by Crippen LogP contribution is 2.32. The number of benzene rings is 2. The van der Waals surface area contributed by atoms with E-state index in [2.05, 4.69) is 10.1 Å². The molecule has 7 nitrogen and oxygen atoms in total. The fraction of sp³-hybridized carbons (Fsp3) is 0.261. The Labute approximate surface area is 183 Å². The van der Waals surface area contributed by atoms with E-state index in [-0.39, 0.29) is 12.0 Å². The average Bonchev–Trinajstić information content (AvgIpc) is 3.46. The van der Waals surface area contributed by atoms with Crippen molar-refractivity contribution in [1.29, 1.82) is 0 Å². The number of nitrogens with zero attached hydrogens (tertiary/aromatic N) is 3. The lowest BCUT2D eigenvalue weighted by atomic mass is 10.1. The lowest BCUT2D eigenvalue weighted by Crippen LogP contribution is -2.41. The minimum Gasteiger partial charge on any atom is -0.497 e. The molecule has 4 aromatic rings. The SMILES string of the molecule is COc1ccc2nc(OC3CCN(C(=O)c4cc(-c5ccccc5)on4)CC3)sc2c1. The van der Waals surface area contributed by atoms with Gasteiger partial charge in [0.15, 0.2) is 11.5 Å². The molecule has 3 heterocycles. The molecule has 0 saturated carbocycles. The van der Waals surface area contributed by atoms with Gasteiger partial charge in [-0.25, -0.2) is 4.98 Å². The van der Waals surface area contributed by atoms with Crippen LogP contribution in [0.5, 0.6) is 10.9 Å². The Bertz CT molecular complexity index is 1200. The average molecular weight is 436 g/mol. The van der Waals surface area contributed by atoms with Crippen molar-refractivity contribution in [1.82, 2.24) is 15.0 Å². The van der Waals surface area contributed by atoms with Crippen LogP contribution >= 0.6 is 11.3 Å². The molecule has 0 radical (unpaired) electrons. The molecule has 1 aliphatic rings. The number of amides is 1. The van der Waals surface area contributed by atoms with Crippen LogP contribution in [0.1, 0.15) is 23.3 Å². The number of fused-ring (bicyclic) bond motifs is 1. The predicted octanol–water partition coefficient (Wildman–Crippen LogP) is 4.64. The zero-order valence-electron chi connectivity index (χ0n) is 17.0. The van der Waals surface area contributed by atoms with E-state index < -0.39 is 0 Å². The molecule has 0 bridgehead atoms. The maximum Gasteiger partial charge on any atom is 0.276 e. The number of thiazole rings is 1. The maximum absolute atomic E-state index is 12.8. The van der Waals surface area contributed by atoms with Crippen molar-refractivity contribution >= 4 is 27.5 Å². The van der Waals surface area contributed by atoms with E-state index in [9.17, 15) is 4.79 Å². The molecule has 31 heavy (non-hydrogen) atoms. The third-order valence-electron chi connectivity index (χ3n) is 5.36.